The second-order valence-corrected chi connectivity index (χ2v) is 9.70. The smallest absolute Gasteiger partial charge is 0.273 e. The zero-order chi connectivity index (χ0) is 26.7. The van der Waals surface area contributed by atoms with Crippen molar-refractivity contribution in [3.05, 3.63) is 89.3 Å². The van der Waals surface area contributed by atoms with E-state index >= 15 is 0 Å². The minimum absolute atomic E-state index is 0.0465. The van der Waals surface area contributed by atoms with Gasteiger partial charge in [-0.1, -0.05) is 55.1 Å². The number of aliphatic hydroxyl groups excluding tert-OH is 1. The van der Waals surface area contributed by atoms with Crippen LogP contribution in [0.25, 0.3) is 0 Å². The summed E-state index contributed by atoms with van der Waals surface area (Å²) in [5, 5.41) is 33.2. The van der Waals surface area contributed by atoms with E-state index in [4.69, 9.17) is 23.4 Å². The number of rotatable bonds is 6. The molecule has 0 radical (unpaired) electrons. The Bertz CT molecular complexity index is 1480. The lowest BCUT2D eigenvalue weighted by Crippen LogP contribution is -2.52. The first-order valence-corrected chi connectivity index (χ1v) is 12.4. The first-order valence-electron chi connectivity index (χ1n) is 12.0. The van der Waals surface area contributed by atoms with Crippen molar-refractivity contribution in [1.82, 2.24) is 10.2 Å². The van der Waals surface area contributed by atoms with E-state index in [0.29, 0.717) is 34.1 Å². The van der Waals surface area contributed by atoms with Crippen molar-refractivity contribution < 1.29 is 33.6 Å². The van der Waals surface area contributed by atoms with Crippen molar-refractivity contribution >= 4 is 12.6 Å². The van der Waals surface area contributed by atoms with E-state index in [2.05, 4.69) is 22.8 Å². The Morgan fingerprint density at radius 2 is 1.61 bits per heavy atom. The lowest BCUT2D eigenvalue weighted by Gasteiger charge is -2.40. The number of aromatic nitrogens is 2. The molecule has 10 heteroatoms. The molecular formula is C28H26N2O7S. The second-order valence-electron chi connectivity index (χ2n) is 9.32. The summed E-state index contributed by atoms with van der Waals surface area (Å²) in [5.74, 6) is 0.331. The second kappa shape index (κ2) is 8.93. The number of aliphatic hydroxyl groups is 2. The average Bonchev–Trinajstić information content (AvgIpc) is 3.55. The summed E-state index contributed by atoms with van der Waals surface area (Å²) >= 11 is 4.19. The third-order valence-electron chi connectivity index (χ3n) is 7.67. The summed E-state index contributed by atoms with van der Waals surface area (Å²) in [5.41, 5.74) is -1.85. The first-order chi connectivity index (χ1) is 18.4. The molecule has 2 N–H and O–H groups in total. The van der Waals surface area contributed by atoms with Gasteiger partial charge in [-0.2, -0.15) is 0 Å². The van der Waals surface area contributed by atoms with Crippen molar-refractivity contribution in [3.8, 4) is 23.0 Å². The standard InChI is InChI=1S/C28H26N2O7S/c1-33-17-11-9-16(10-12-17)28-22(15-7-5-4-6-8-15)21(25-29-30-26(38)36-25)24(31)27(28,32)23-19(35-3)13-18(34-2)14-20(23)37-28/h4-14,21-22,24,31-32H,1-3H3,(H,30,38)/t21-,22-,24-,27+,28+/m1/s1. The number of thiol groups is 1. The number of hydrogen-bond donors (Lipinski definition) is 3. The minimum atomic E-state index is -2.01. The van der Waals surface area contributed by atoms with Gasteiger partial charge >= 0.3 is 0 Å². The van der Waals surface area contributed by atoms with Crippen molar-refractivity contribution in [2.75, 3.05) is 21.3 Å². The normalized spacial score (nSPS) is 27.4. The predicted octanol–water partition coefficient (Wildman–Crippen LogP) is 3.80. The fourth-order valence-electron chi connectivity index (χ4n) is 6.14. The fourth-order valence-corrected chi connectivity index (χ4v) is 6.28. The van der Waals surface area contributed by atoms with Crippen molar-refractivity contribution in [2.24, 2.45) is 0 Å². The summed E-state index contributed by atoms with van der Waals surface area (Å²) in [4.78, 5) is 0. The largest absolute Gasteiger partial charge is 0.497 e. The van der Waals surface area contributed by atoms with Gasteiger partial charge in [0, 0.05) is 18.1 Å². The quantitative estimate of drug-likeness (QED) is 0.318. The van der Waals surface area contributed by atoms with Crippen molar-refractivity contribution in [2.45, 2.75) is 34.4 Å². The van der Waals surface area contributed by atoms with Crippen LogP contribution in [0, 0.1) is 0 Å². The molecule has 1 aromatic heterocycles. The highest BCUT2D eigenvalue weighted by Gasteiger charge is 2.78. The van der Waals surface area contributed by atoms with Gasteiger partial charge in [-0.3, -0.25) is 0 Å². The number of nitrogens with zero attached hydrogens (tertiary/aromatic N) is 2. The molecule has 3 aromatic carbocycles. The number of benzene rings is 3. The maximum absolute atomic E-state index is 12.9. The predicted molar refractivity (Wildman–Crippen MR) is 138 cm³/mol. The Morgan fingerprint density at radius 3 is 2.21 bits per heavy atom. The van der Waals surface area contributed by atoms with Crippen LogP contribution < -0.4 is 18.9 Å². The fraction of sp³-hybridized carbons (Fsp3) is 0.286. The molecule has 5 atom stereocenters. The van der Waals surface area contributed by atoms with Crippen LogP contribution in [0.15, 0.2) is 76.4 Å². The number of ether oxygens (including phenoxy) is 4. The van der Waals surface area contributed by atoms with Crippen LogP contribution in [-0.2, 0) is 11.2 Å². The molecule has 2 aliphatic rings. The van der Waals surface area contributed by atoms with Crippen LogP contribution >= 0.6 is 12.6 Å². The molecule has 2 heterocycles. The van der Waals surface area contributed by atoms with Crippen LogP contribution in [0.5, 0.6) is 23.0 Å². The molecule has 1 aliphatic carbocycles. The molecule has 9 nitrogen and oxygen atoms in total. The summed E-state index contributed by atoms with van der Waals surface area (Å²) in [6.45, 7) is 0. The van der Waals surface area contributed by atoms with Gasteiger partial charge in [0.15, 0.2) is 11.2 Å². The molecule has 1 aliphatic heterocycles. The van der Waals surface area contributed by atoms with Crippen LogP contribution in [-0.4, -0.2) is 47.8 Å². The third kappa shape index (κ3) is 3.20. The highest BCUT2D eigenvalue weighted by Crippen LogP contribution is 2.72. The molecule has 6 rings (SSSR count). The summed E-state index contributed by atoms with van der Waals surface area (Å²) in [6, 6.07) is 20.1. The third-order valence-corrected chi connectivity index (χ3v) is 7.85. The molecule has 0 saturated heterocycles. The van der Waals surface area contributed by atoms with E-state index in [1.165, 1.54) is 14.2 Å². The highest BCUT2D eigenvalue weighted by molar-refractivity contribution is 7.80. The van der Waals surface area contributed by atoms with Gasteiger partial charge in [0.05, 0.1) is 32.8 Å². The molecule has 1 fully saturated rings. The molecule has 4 aromatic rings. The zero-order valence-electron chi connectivity index (χ0n) is 20.9. The Hall–Kier alpha value is -3.73. The van der Waals surface area contributed by atoms with Gasteiger partial charge in [-0.05, 0) is 23.3 Å². The van der Waals surface area contributed by atoms with E-state index < -0.39 is 29.1 Å². The van der Waals surface area contributed by atoms with E-state index in [0.717, 1.165) is 5.56 Å². The molecule has 196 valence electrons. The maximum Gasteiger partial charge on any atom is 0.273 e. The summed E-state index contributed by atoms with van der Waals surface area (Å²) in [6.07, 6.45) is -1.45. The molecule has 0 spiro atoms. The highest BCUT2D eigenvalue weighted by atomic mass is 32.1. The lowest BCUT2D eigenvalue weighted by molar-refractivity contribution is -0.151. The van der Waals surface area contributed by atoms with Crippen LogP contribution in [0.1, 0.15) is 34.4 Å². The molecule has 1 saturated carbocycles. The first kappa shape index (κ1) is 24.6. The van der Waals surface area contributed by atoms with E-state index in [9.17, 15) is 10.2 Å². The molecule has 38 heavy (non-hydrogen) atoms. The zero-order valence-corrected chi connectivity index (χ0v) is 21.8. The number of methoxy groups -OCH3 is 3. The van der Waals surface area contributed by atoms with Crippen molar-refractivity contribution in [3.63, 3.8) is 0 Å². The Kier molecular flexibility index (Phi) is 5.78. The Morgan fingerprint density at radius 1 is 0.895 bits per heavy atom. The molecule has 0 amide bonds. The van der Waals surface area contributed by atoms with Gasteiger partial charge in [-0.15, -0.1) is 10.2 Å². The molecular weight excluding hydrogens is 508 g/mol. The topological polar surface area (TPSA) is 116 Å². The Labute approximate surface area is 224 Å². The van der Waals surface area contributed by atoms with E-state index in [-0.39, 0.29) is 11.1 Å². The van der Waals surface area contributed by atoms with Gasteiger partial charge in [0.25, 0.3) is 5.22 Å². The number of fused-ring (bicyclic) bond motifs is 3. The van der Waals surface area contributed by atoms with E-state index in [1.54, 1.807) is 31.4 Å². The van der Waals surface area contributed by atoms with Crippen LogP contribution in [0.2, 0.25) is 0 Å². The van der Waals surface area contributed by atoms with Gasteiger partial charge in [-0.25, -0.2) is 0 Å². The molecule has 0 bridgehead atoms. The van der Waals surface area contributed by atoms with Crippen LogP contribution in [0.4, 0.5) is 0 Å². The lowest BCUT2D eigenvalue weighted by atomic mass is 9.70. The monoisotopic (exact) mass is 534 g/mol. The Balaban J connectivity index is 1.71. The average molecular weight is 535 g/mol. The maximum atomic E-state index is 12.9. The summed E-state index contributed by atoms with van der Waals surface area (Å²) < 4.78 is 29.2. The van der Waals surface area contributed by atoms with Gasteiger partial charge in [0.1, 0.15) is 29.1 Å². The van der Waals surface area contributed by atoms with E-state index in [1.807, 2.05) is 42.5 Å². The van der Waals surface area contributed by atoms with Gasteiger partial charge < -0.3 is 33.6 Å². The number of hydrogen-bond acceptors (Lipinski definition) is 10. The summed E-state index contributed by atoms with van der Waals surface area (Å²) in [7, 11) is 4.60. The van der Waals surface area contributed by atoms with Crippen molar-refractivity contribution in [1.29, 1.82) is 0 Å². The van der Waals surface area contributed by atoms with Crippen LogP contribution in [0.3, 0.4) is 0 Å². The van der Waals surface area contributed by atoms with Gasteiger partial charge in [0.2, 0.25) is 5.89 Å². The molecule has 0 unspecified atom stereocenters. The SMILES string of the molecule is COc1ccc([C@@]23Oc4cc(OC)cc(OC)c4[C@]2(O)[C@H](O)[C@H](c2nnc(S)o2)[C@H]3c2ccccc2)cc1. The minimum Gasteiger partial charge on any atom is -0.497 e.